The van der Waals surface area contributed by atoms with E-state index >= 15 is 0 Å². The normalized spacial score (nSPS) is 11.0. The lowest BCUT2D eigenvalue weighted by Gasteiger charge is -2.11. The third-order valence-corrected chi connectivity index (χ3v) is 5.78. The summed E-state index contributed by atoms with van der Waals surface area (Å²) in [6.07, 6.45) is 6.78. The van der Waals surface area contributed by atoms with Gasteiger partial charge in [-0.25, -0.2) is 13.6 Å². The Morgan fingerprint density at radius 2 is 1.67 bits per heavy atom. The van der Waals surface area contributed by atoms with Crippen LogP contribution in [-0.4, -0.2) is 30.6 Å². The van der Waals surface area contributed by atoms with Crippen LogP contribution < -0.4 is 15.4 Å². The predicted molar refractivity (Wildman–Crippen MR) is 144 cm³/mol. The Balaban J connectivity index is 1.29. The summed E-state index contributed by atoms with van der Waals surface area (Å²) < 4.78 is 37.5. The maximum absolute atomic E-state index is 14.9. The average Bonchev–Trinajstić information content (AvgIpc) is 3.53. The molecule has 5 rings (SSSR count). The molecule has 0 aliphatic heterocycles. The number of carbonyl (C=O) groups excluding carboxylic acids is 1. The number of anilines is 2. The number of rotatable bonds is 7. The molecule has 2 aromatic carbocycles. The van der Waals surface area contributed by atoms with E-state index in [2.05, 4.69) is 25.8 Å². The number of nitrogens with zero attached hydrogens (tertiary/aromatic N) is 5. The van der Waals surface area contributed by atoms with Crippen molar-refractivity contribution in [2.24, 2.45) is 7.05 Å². The molecule has 0 aliphatic carbocycles. The van der Waals surface area contributed by atoms with Crippen LogP contribution in [0.3, 0.4) is 0 Å². The lowest BCUT2D eigenvalue weighted by atomic mass is 10.1. The summed E-state index contributed by atoms with van der Waals surface area (Å²) in [4.78, 5) is 17.1. The van der Waals surface area contributed by atoms with Gasteiger partial charge in [0.2, 0.25) is 0 Å². The number of hydrogen-bond acceptors (Lipinski definition) is 5. The zero-order chi connectivity index (χ0) is 27.5. The summed E-state index contributed by atoms with van der Waals surface area (Å²) >= 11 is 0. The number of nitrogens with one attached hydrogen (secondary N) is 2. The molecule has 0 atom stereocenters. The summed E-state index contributed by atoms with van der Waals surface area (Å²) in [5.74, 6) is -0.341. The van der Waals surface area contributed by atoms with Crippen molar-refractivity contribution in [2.75, 3.05) is 10.6 Å². The molecule has 5 aromatic rings. The molecule has 0 fully saturated rings. The highest BCUT2D eigenvalue weighted by Crippen LogP contribution is 2.30. The summed E-state index contributed by atoms with van der Waals surface area (Å²) in [5, 5.41) is 13.9. The first-order chi connectivity index (χ1) is 18.7. The van der Waals surface area contributed by atoms with Crippen molar-refractivity contribution in [1.82, 2.24) is 24.5 Å². The van der Waals surface area contributed by atoms with Crippen molar-refractivity contribution < 1.29 is 18.3 Å². The van der Waals surface area contributed by atoms with Crippen molar-refractivity contribution in [1.29, 1.82) is 0 Å². The van der Waals surface area contributed by atoms with E-state index in [0.717, 1.165) is 5.56 Å². The topological polar surface area (TPSA) is 98.9 Å². The van der Waals surface area contributed by atoms with E-state index in [9.17, 15) is 13.6 Å². The molecule has 11 heteroatoms. The molecule has 3 aromatic heterocycles. The first-order valence-electron chi connectivity index (χ1n) is 12.1. The van der Waals surface area contributed by atoms with Gasteiger partial charge in [-0.05, 0) is 56.3 Å². The molecule has 0 radical (unpaired) electrons. The highest BCUT2D eigenvalue weighted by atomic mass is 19.1. The molecule has 198 valence electrons. The number of urea groups is 1. The fourth-order valence-electron chi connectivity index (χ4n) is 3.83. The maximum atomic E-state index is 14.9. The molecule has 2 amide bonds. The number of amides is 2. The molecule has 39 heavy (non-hydrogen) atoms. The van der Waals surface area contributed by atoms with Gasteiger partial charge < -0.3 is 15.4 Å². The van der Waals surface area contributed by atoms with Gasteiger partial charge in [0, 0.05) is 54.9 Å². The number of carbonyl (C=O) groups is 1. The molecule has 0 bridgehead atoms. The Morgan fingerprint density at radius 1 is 0.923 bits per heavy atom. The minimum Gasteiger partial charge on any atom is -0.457 e. The second-order valence-corrected chi connectivity index (χ2v) is 9.07. The minimum absolute atomic E-state index is 0.0219. The van der Waals surface area contributed by atoms with Gasteiger partial charge in [-0.3, -0.25) is 14.3 Å². The molecule has 2 N–H and O–H groups in total. The molecular formula is C28H25F2N7O2. The van der Waals surface area contributed by atoms with Crippen molar-refractivity contribution in [3.63, 3.8) is 0 Å². The SMILES string of the molecule is CC(C)n1cc(NC(=O)Nc2ccc(Oc3ccnc(-c4cnn(C)c4)c3)cc2F)c(-c2ccc(F)cc2)n1. The maximum Gasteiger partial charge on any atom is 0.323 e. The van der Waals surface area contributed by atoms with Crippen LogP contribution in [0.25, 0.3) is 22.5 Å². The Bertz CT molecular complexity index is 1630. The average molecular weight is 530 g/mol. The van der Waals surface area contributed by atoms with Crippen LogP contribution in [0, 0.1) is 11.6 Å². The van der Waals surface area contributed by atoms with Crippen molar-refractivity contribution in [3.8, 4) is 34.0 Å². The van der Waals surface area contributed by atoms with Crippen LogP contribution in [0.5, 0.6) is 11.5 Å². The van der Waals surface area contributed by atoms with Crippen LogP contribution in [0.2, 0.25) is 0 Å². The van der Waals surface area contributed by atoms with Crippen LogP contribution in [0.4, 0.5) is 25.0 Å². The van der Waals surface area contributed by atoms with E-state index in [0.29, 0.717) is 28.4 Å². The zero-order valence-electron chi connectivity index (χ0n) is 21.4. The first kappa shape index (κ1) is 25.6. The highest BCUT2D eigenvalue weighted by molar-refractivity contribution is 6.02. The number of hydrogen-bond donors (Lipinski definition) is 2. The van der Waals surface area contributed by atoms with Gasteiger partial charge in [-0.2, -0.15) is 10.2 Å². The standard InChI is InChI=1S/C28H25F2N7O2/c1-17(2)37-16-26(27(35-37)18-4-6-20(29)7-5-18)34-28(38)33-24-9-8-21(12-23(24)30)39-22-10-11-31-25(13-22)19-14-32-36(3)15-19/h4-17H,1-3H3,(H2,33,34,38). The van der Waals surface area contributed by atoms with Crippen molar-refractivity contribution in [2.45, 2.75) is 19.9 Å². The van der Waals surface area contributed by atoms with Gasteiger partial charge in [0.25, 0.3) is 0 Å². The Kier molecular flexibility index (Phi) is 7.04. The summed E-state index contributed by atoms with van der Waals surface area (Å²) in [6.45, 7) is 3.88. The fourth-order valence-corrected chi connectivity index (χ4v) is 3.83. The first-order valence-corrected chi connectivity index (χ1v) is 12.1. The van der Waals surface area contributed by atoms with Crippen LogP contribution in [-0.2, 0) is 7.05 Å². The number of benzene rings is 2. The lowest BCUT2D eigenvalue weighted by molar-refractivity contribution is 0.262. The molecule has 0 spiro atoms. The lowest BCUT2D eigenvalue weighted by Crippen LogP contribution is -2.20. The van der Waals surface area contributed by atoms with E-state index in [1.165, 1.54) is 24.3 Å². The second kappa shape index (κ2) is 10.7. The van der Waals surface area contributed by atoms with E-state index in [1.807, 2.05) is 27.1 Å². The highest BCUT2D eigenvalue weighted by Gasteiger charge is 2.17. The van der Waals surface area contributed by atoms with Gasteiger partial charge in [-0.1, -0.05) is 0 Å². The quantitative estimate of drug-likeness (QED) is 0.246. The van der Waals surface area contributed by atoms with Gasteiger partial charge in [0.05, 0.1) is 23.3 Å². The number of pyridine rings is 1. The minimum atomic E-state index is -0.680. The fraction of sp³-hybridized carbons (Fsp3) is 0.143. The molecule has 0 saturated heterocycles. The Morgan fingerprint density at radius 3 is 2.36 bits per heavy atom. The predicted octanol–water partition coefficient (Wildman–Crippen LogP) is 6.64. The Hall–Kier alpha value is -5.06. The zero-order valence-corrected chi connectivity index (χ0v) is 21.4. The monoisotopic (exact) mass is 529 g/mol. The molecular weight excluding hydrogens is 504 g/mol. The van der Waals surface area contributed by atoms with Crippen molar-refractivity contribution >= 4 is 17.4 Å². The molecule has 3 heterocycles. The number of halogens is 2. The van der Waals surface area contributed by atoms with Gasteiger partial charge in [0.1, 0.15) is 28.8 Å². The van der Waals surface area contributed by atoms with E-state index < -0.39 is 11.8 Å². The Labute approximate surface area is 223 Å². The molecule has 0 aliphatic rings. The van der Waals surface area contributed by atoms with E-state index in [4.69, 9.17) is 4.74 Å². The second-order valence-electron chi connectivity index (χ2n) is 9.07. The summed E-state index contributed by atoms with van der Waals surface area (Å²) in [6, 6.07) is 12.7. The molecule has 0 saturated carbocycles. The van der Waals surface area contributed by atoms with Crippen LogP contribution >= 0.6 is 0 Å². The third kappa shape index (κ3) is 5.93. The largest absolute Gasteiger partial charge is 0.457 e. The van der Waals surface area contributed by atoms with Gasteiger partial charge >= 0.3 is 6.03 Å². The van der Waals surface area contributed by atoms with Crippen LogP contribution in [0.1, 0.15) is 19.9 Å². The molecule has 0 unspecified atom stereocenters. The van der Waals surface area contributed by atoms with Crippen molar-refractivity contribution in [3.05, 3.63) is 91.0 Å². The van der Waals surface area contributed by atoms with Gasteiger partial charge in [0.15, 0.2) is 0 Å². The summed E-state index contributed by atoms with van der Waals surface area (Å²) in [7, 11) is 1.81. The van der Waals surface area contributed by atoms with E-state index in [-0.39, 0.29) is 23.3 Å². The van der Waals surface area contributed by atoms with Crippen LogP contribution in [0.15, 0.2) is 79.4 Å². The third-order valence-electron chi connectivity index (χ3n) is 5.78. The molecule has 9 nitrogen and oxygen atoms in total. The number of aryl methyl sites for hydroxylation is 1. The van der Waals surface area contributed by atoms with Gasteiger partial charge in [-0.15, -0.1) is 0 Å². The summed E-state index contributed by atoms with van der Waals surface area (Å²) in [5.41, 5.74) is 2.94. The number of ether oxygens (including phenoxy) is 1. The van der Waals surface area contributed by atoms with E-state index in [1.54, 1.807) is 58.3 Å². The number of aromatic nitrogens is 5. The smallest absolute Gasteiger partial charge is 0.323 e.